The summed E-state index contributed by atoms with van der Waals surface area (Å²) in [5.41, 5.74) is 2.03. The maximum Gasteiger partial charge on any atom is 0.339 e. The van der Waals surface area contributed by atoms with Crippen molar-refractivity contribution in [2.75, 3.05) is 7.11 Å². The minimum atomic E-state index is -0.389. The van der Waals surface area contributed by atoms with Gasteiger partial charge in [0.15, 0.2) is 0 Å². The third-order valence-corrected chi connectivity index (χ3v) is 3.46. The summed E-state index contributed by atoms with van der Waals surface area (Å²) in [5.74, 6) is 0.323. The molecular weight excluding hydrogens is 304 g/mol. The number of hydrogen-bond acceptors (Lipinski definition) is 4. The van der Waals surface area contributed by atoms with Gasteiger partial charge in [-0.1, -0.05) is 11.6 Å². The van der Waals surface area contributed by atoms with Crippen molar-refractivity contribution >= 4 is 23.2 Å². The summed E-state index contributed by atoms with van der Waals surface area (Å²) in [4.78, 5) is 15.9. The molecule has 0 aliphatic heterocycles. The van der Waals surface area contributed by atoms with Gasteiger partial charge >= 0.3 is 5.97 Å². The first-order chi connectivity index (χ1) is 10.7. The lowest BCUT2D eigenvalue weighted by molar-refractivity contribution is 0.0600. The number of ether oxygens (including phenoxy) is 2. The summed E-state index contributed by atoms with van der Waals surface area (Å²) in [6.45, 7) is 0.327. The van der Waals surface area contributed by atoms with E-state index in [1.807, 2.05) is 4.40 Å². The number of rotatable bonds is 4. The van der Waals surface area contributed by atoms with Gasteiger partial charge in [0.1, 0.15) is 18.0 Å². The molecule has 0 radical (unpaired) electrons. The van der Waals surface area contributed by atoms with E-state index in [1.54, 1.807) is 48.8 Å². The summed E-state index contributed by atoms with van der Waals surface area (Å²) >= 11 is 5.84. The maximum atomic E-state index is 11.6. The van der Waals surface area contributed by atoms with Gasteiger partial charge in [-0.2, -0.15) is 0 Å². The zero-order valence-corrected chi connectivity index (χ0v) is 12.6. The SMILES string of the molecule is COC(=O)c1ccc2ncc(COc3ccc(Cl)cc3)n2c1. The van der Waals surface area contributed by atoms with Crippen LogP contribution in [0.15, 0.2) is 48.8 Å². The number of esters is 1. The number of imidazole rings is 1. The van der Waals surface area contributed by atoms with Crippen molar-refractivity contribution in [1.29, 1.82) is 0 Å². The minimum Gasteiger partial charge on any atom is -0.487 e. The molecule has 0 unspecified atom stereocenters. The molecule has 3 aromatic rings. The lowest BCUT2D eigenvalue weighted by Gasteiger charge is -2.07. The average molecular weight is 317 g/mol. The third-order valence-electron chi connectivity index (χ3n) is 3.20. The Hall–Kier alpha value is -2.53. The van der Waals surface area contributed by atoms with Gasteiger partial charge in [-0.3, -0.25) is 4.40 Å². The fraction of sp³-hybridized carbons (Fsp3) is 0.125. The Bertz CT molecular complexity index is 812. The number of hydrogen-bond donors (Lipinski definition) is 0. The predicted octanol–water partition coefficient (Wildman–Crippen LogP) is 3.35. The topological polar surface area (TPSA) is 52.8 Å². The Morgan fingerprint density at radius 1 is 1.23 bits per heavy atom. The molecule has 0 saturated carbocycles. The molecule has 5 nitrogen and oxygen atoms in total. The van der Waals surface area contributed by atoms with Gasteiger partial charge < -0.3 is 9.47 Å². The fourth-order valence-electron chi connectivity index (χ4n) is 2.06. The molecule has 0 spiro atoms. The molecule has 2 heterocycles. The number of aromatic nitrogens is 2. The Morgan fingerprint density at radius 3 is 2.73 bits per heavy atom. The Labute approximate surface area is 132 Å². The van der Waals surface area contributed by atoms with Crippen LogP contribution in [0.2, 0.25) is 5.02 Å². The van der Waals surface area contributed by atoms with E-state index in [-0.39, 0.29) is 5.97 Å². The highest BCUT2D eigenvalue weighted by atomic mass is 35.5. The van der Waals surface area contributed by atoms with E-state index in [2.05, 4.69) is 4.98 Å². The molecule has 0 fully saturated rings. The molecule has 112 valence electrons. The van der Waals surface area contributed by atoms with Crippen LogP contribution in [0.3, 0.4) is 0 Å². The van der Waals surface area contributed by atoms with E-state index < -0.39 is 0 Å². The van der Waals surface area contributed by atoms with Crippen molar-refractivity contribution in [1.82, 2.24) is 9.38 Å². The van der Waals surface area contributed by atoms with Gasteiger partial charge in [0, 0.05) is 11.2 Å². The summed E-state index contributed by atoms with van der Waals surface area (Å²) in [6.07, 6.45) is 3.40. The summed E-state index contributed by atoms with van der Waals surface area (Å²) < 4.78 is 12.2. The summed E-state index contributed by atoms with van der Waals surface area (Å²) in [7, 11) is 1.35. The van der Waals surface area contributed by atoms with E-state index in [9.17, 15) is 4.79 Å². The molecule has 0 N–H and O–H groups in total. The summed E-state index contributed by atoms with van der Waals surface area (Å²) in [6, 6.07) is 10.6. The van der Waals surface area contributed by atoms with Gasteiger partial charge in [-0.05, 0) is 36.4 Å². The Morgan fingerprint density at radius 2 is 2.00 bits per heavy atom. The molecule has 0 amide bonds. The van der Waals surface area contributed by atoms with Crippen molar-refractivity contribution in [2.24, 2.45) is 0 Å². The molecule has 3 rings (SSSR count). The summed E-state index contributed by atoms with van der Waals surface area (Å²) in [5, 5.41) is 0.657. The number of carbonyl (C=O) groups excluding carboxylic acids is 1. The minimum absolute atomic E-state index is 0.327. The van der Waals surface area contributed by atoms with Crippen molar-refractivity contribution in [3.63, 3.8) is 0 Å². The number of fused-ring (bicyclic) bond motifs is 1. The zero-order chi connectivity index (χ0) is 15.5. The molecule has 0 saturated heterocycles. The first-order valence-electron chi connectivity index (χ1n) is 6.60. The van der Waals surface area contributed by atoms with Gasteiger partial charge in [0.2, 0.25) is 0 Å². The number of carbonyl (C=O) groups is 1. The van der Waals surface area contributed by atoms with Crippen LogP contribution >= 0.6 is 11.6 Å². The monoisotopic (exact) mass is 316 g/mol. The van der Waals surface area contributed by atoms with Gasteiger partial charge in [-0.15, -0.1) is 0 Å². The largest absolute Gasteiger partial charge is 0.487 e. The quantitative estimate of drug-likeness (QED) is 0.693. The Balaban J connectivity index is 1.84. The maximum absolute atomic E-state index is 11.6. The second-order valence-electron chi connectivity index (χ2n) is 4.63. The highest BCUT2D eigenvalue weighted by Crippen LogP contribution is 2.17. The van der Waals surface area contributed by atoms with Crippen molar-refractivity contribution in [3.05, 3.63) is 65.1 Å². The van der Waals surface area contributed by atoms with Crippen molar-refractivity contribution in [2.45, 2.75) is 6.61 Å². The molecule has 1 aromatic carbocycles. The fourth-order valence-corrected chi connectivity index (χ4v) is 2.19. The highest BCUT2D eigenvalue weighted by Gasteiger charge is 2.09. The smallest absolute Gasteiger partial charge is 0.339 e. The standard InChI is InChI=1S/C16H13ClN2O3/c1-21-16(20)11-2-7-15-18-8-13(19(15)9-11)10-22-14-5-3-12(17)4-6-14/h2-9H,10H2,1H3. The zero-order valence-electron chi connectivity index (χ0n) is 11.8. The lowest BCUT2D eigenvalue weighted by atomic mass is 10.3. The number of nitrogens with zero attached hydrogens (tertiary/aromatic N) is 2. The molecule has 0 aliphatic rings. The van der Waals surface area contributed by atoms with Gasteiger partial charge in [0.05, 0.1) is 24.6 Å². The molecule has 22 heavy (non-hydrogen) atoms. The number of benzene rings is 1. The van der Waals surface area contributed by atoms with Gasteiger partial charge in [0.25, 0.3) is 0 Å². The van der Waals surface area contributed by atoms with Crippen LogP contribution < -0.4 is 4.74 Å². The van der Waals surface area contributed by atoms with E-state index in [0.717, 1.165) is 11.3 Å². The molecule has 0 atom stereocenters. The first-order valence-corrected chi connectivity index (χ1v) is 6.98. The average Bonchev–Trinajstić information content (AvgIpc) is 2.96. The van der Waals surface area contributed by atoms with E-state index in [4.69, 9.17) is 21.1 Å². The van der Waals surface area contributed by atoms with E-state index >= 15 is 0 Å². The molecule has 0 bridgehead atoms. The molecular formula is C16H13ClN2O3. The van der Waals surface area contributed by atoms with Crippen LogP contribution in [0.25, 0.3) is 5.65 Å². The predicted molar refractivity (Wildman–Crippen MR) is 82.3 cm³/mol. The molecule has 2 aromatic heterocycles. The number of methoxy groups -OCH3 is 1. The third kappa shape index (κ3) is 2.89. The van der Waals surface area contributed by atoms with Crippen molar-refractivity contribution in [3.8, 4) is 5.75 Å². The van der Waals surface area contributed by atoms with Crippen LogP contribution in [0.4, 0.5) is 0 Å². The van der Waals surface area contributed by atoms with Crippen LogP contribution in [0, 0.1) is 0 Å². The van der Waals surface area contributed by atoms with Gasteiger partial charge in [-0.25, -0.2) is 9.78 Å². The second-order valence-corrected chi connectivity index (χ2v) is 5.07. The second kappa shape index (κ2) is 6.07. The molecule has 0 aliphatic carbocycles. The van der Waals surface area contributed by atoms with Crippen LogP contribution in [-0.2, 0) is 11.3 Å². The first kappa shape index (κ1) is 14.4. The number of halogens is 1. The van der Waals surface area contributed by atoms with E-state index in [1.165, 1.54) is 7.11 Å². The number of pyridine rings is 1. The van der Waals surface area contributed by atoms with Crippen LogP contribution in [0.1, 0.15) is 16.1 Å². The Kier molecular flexibility index (Phi) is 3.98. The van der Waals surface area contributed by atoms with Crippen LogP contribution in [-0.4, -0.2) is 22.5 Å². The van der Waals surface area contributed by atoms with Crippen molar-refractivity contribution < 1.29 is 14.3 Å². The van der Waals surface area contributed by atoms with E-state index in [0.29, 0.717) is 22.9 Å². The molecule has 6 heteroatoms. The lowest BCUT2D eigenvalue weighted by Crippen LogP contribution is -2.05. The normalized spacial score (nSPS) is 10.6. The highest BCUT2D eigenvalue weighted by molar-refractivity contribution is 6.30. The van der Waals surface area contributed by atoms with Crippen LogP contribution in [0.5, 0.6) is 5.75 Å².